The van der Waals surface area contributed by atoms with Crippen LogP contribution in [0.4, 0.5) is 17.1 Å². The Kier molecular flexibility index (Phi) is 7.54. The fourth-order valence-corrected chi connectivity index (χ4v) is 5.01. The summed E-state index contributed by atoms with van der Waals surface area (Å²) < 4.78 is 0. The second-order valence-electron chi connectivity index (χ2n) is 8.41. The summed E-state index contributed by atoms with van der Waals surface area (Å²) in [7, 11) is 0. The molecule has 3 unspecified atom stereocenters. The molecule has 3 amide bonds. The summed E-state index contributed by atoms with van der Waals surface area (Å²) >= 11 is 1.59. The van der Waals surface area contributed by atoms with Gasteiger partial charge >= 0.3 is 0 Å². The van der Waals surface area contributed by atoms with Gasteiger partial charge in [-0.25, -0.2) is 0 Å². The van der Waals surface area contributed by atoms with Crippen LogP contribution in [0.1, 0.15) is 32.1 Å². The van der Waals surface area contributed by atoms with Gasteiger partial charge in [0.1, 0.15) is 6.04 Å². The molecule has 33 heavy (non-hydrogen) atoms. The number of imide groups is 1. The average Bonchev–Trinajstić information content (AvgIpc) is 3.10. The molecule has 0 aromatic heterocycles. The van der Waals surface area contributed by atoms with E-state index in [0.29, 0.717) is 23.5 Å². The van der Waals surface area contributed by atoms with E-state index in [9.17, 15) is 14.4 Å². The zero-order valence-corrected chi connectivity index (χ0v) is 19.5. The first-order valence-electron chi connectivity index (χ1n) is 11.3. The van der Waals surface area contributed by atoms with Crippen molar-refractivity contribution in [3.05, 3.63) is 54.6 Å². The van der Waals surface area contributed by atoms with E-state index in [1.54, 1.807) is 36.0 Å². The number of nitrogens with zero attached hydrogens (tertiary/aromatic N) is 3. The molecular weight excluding hydrogens is 436 g/mol. The second kappa shape index (κ2) is 10.7. The zero-order valence-electron chi connectivity index (χ0n) is 18.6. The smallest absolute Gasteiger partial charge is 0.247 e. The number of carbonyl (C=O) groups excluding carboxylic acids is 3. The number of anilines is 1. The van der Waals surface area contributed by atoms with Crippen LogP contribution in [-0.2, 0) is 14.4 Å². The second-order valence-corrected chi connectivity index (χ2v) is 9.40. The molecule has 4 rings (SSSR count). The van der Waals surface area contributed by atoms with Crippen LogP contribution >= 0.6 is 11.8 Å². The van der Waals surface area contributed by atoms with Crippen molar-refractivity contribution in [1.82, 2.24) is 4.90 Å². The van der Waals surface area contributed by atoms with Gasteiger partial charge in [-0.15, -0.1) is 0 Å². The Labute approximate surface area is 198 Å². The summed E-state index contributed by atoms with van der Waals surface area (Å²) in [5.74, 6) is -0.521. The lowest BCUT2D eigenvalue weighted by Gasteiger charge is -2.26. The van der Waals surface area contributed by atoms with Crippen molar-refractivity contribution in [2.24, 2.45) is 22.1 Å². The number of carbonyl (C=O) groups is 3. The predicted octanol–water partition coefficient (Wildman–Crippen LogP) is 5.34. The van der Waals surface area contributed by atoms with E-state index in [0.717, 1.165) is 31.4 Å². The molecule has 1 aliphatic heterocycles. The van der Waals surface area contributed by atoms with Gasteiger partial charge in [-0.2, -0.15) is 22.0 Å². The minimum Gasteiger partial charge on any atom is -0.324 e. The van der Waals surface area contributed by atoms with Crippen molar-refractivity contribution in [3.8, 4) is 0 Å². The van der Waals surface area contributed by atoms with Crippen molar-refractivity contribution in [3.63, 3.8) is 0 Å². The third kappa shape index (κ3) is 5.33. The van der Waals surface area contributed by atoms with Crippen molar-refractivity contribution in [1.29, 1.82) is 0 Å². The van der Waals surface area contributed by atoms with Gasteiger partial charge in [0.2, 0.25) is 17.7 Å². The molecule has 1 N–H and O–H groups in total. The van der Waals surface area contributed by atoms with Gasteiger partial charge in [-0.1, -0.05) is 31.0 Å². The van der Waals surface area contributed by atoms with E-state index >= 15 is 0 Å². The summed E-state index contributed by atoms with van der Waals surface area (Å²) in [4.78, 5) is 40.5. The van der Waals surface area contributed by atoms with Gasteiger partial charge in [0.15, 0.2) is 0 Å². The Balaban J connectivity index is 1.45. The van der Waals surface area contributed by atoms with E-state index < -0.39 is 6.04 Å². The summed E-state index contributed by atoms with van der Waals surface area (Å²) in [6.45, 7) is 0. The highest BCUT2D eigenvalue weighted by Crippen LogP contribution is 2.39. The lowest BCUT2D eigenvalue weighted by Crippen LogP contribution is -2.48. The molecule has 2 fully saturated rings. The van der Waals surface area contributed by atoms with Crippen LogP contribution in [0.15, 0.2) is 64.8 Å². The molecule has 0 spiro atoms. The minimum atomic E-state index is -0.791. The average molecular weight is 465 g/mol. The first-order chi connectivity index (χ1) is 16.1. The van der Waals surface area contributed by atoms with Gasteiger partial charge in [-0.3, -0.25) is 19.3 Å². The Morgan fingerprint density at radius 2 is 1.55 bits per heavy atom. The van der Waals surface area contributed by atoms with Crippen LogP contribution in [-0.4, -0.2) is 40.7 Å². The molecule has 0 radical (unpaired) electrons. The lowest BCUT2D eigenvalue weighted by molar-refractivity contribution is -0.146. The number of nitrogens with one attached hydrogen (secondary N) is 1. The number of benzene rings is 2. The van der Waals surface area contributed by atoms with Gasteiger partial charge in [-0.05, 0) is 67.7 Å². The summed E-state index contributed by atoms with van der Waals surface area (Å²) in [5.41, 5.74) is 2.00. The lowest BCUT2D eigenvalue weighted by atomic mass is 9.81. The molecular formula is C25H28N4O3S. The first-order valence-corrected chi connectivity index (χ1v) is 12.7. The van der Waals surface area contributed by atoms with Crippen LogP contribution in [0.2, 0.25) is 0 Å². The highest BCUT2D eigenvalue weighted by atomic mass is 32.2. The van der Waals surface area contributed by atoms with Crippen molar-refractivity contribution in [2.75, 3.05) is 17.3 Å². The summed E-state index contributed by atoms with van der Waals surface area (Å²) in [6.07, 6.45) is 5.79. The molecule has 172 valence electrons. The van der Waals surface area contributed by atoms with Crippen LogP contribution in [0.5, 0.6) is 0 Å². The molecule has 1 heterocycles. The van der Waals surface area contributed by atoms with Gasteiger partial charge in [0.05, 0.1) is 23.2 Å². The third-order valence-corrected chi connectivity index (χ3v) is 6.90. The number of likely N-dealkylation sites (tertiary alicyclic amines) is 1. The van der Waals surface area contributed by atoms with Crippen LogP contribution in [0.3, 0.4) is 0 Å². The molecule has 1 saturated heterocycles. The number of hydrogen-bond donors (Lipinski definition) is 1. The summed E-state index contributed by atoms with van der Waals surface area (Å²) in [6, 6.07) is 15.7. The van der Waals surface area contributed by atoms with E-state index in [1.165, 1.54) is 4.90 Å². The summed E-state index contributed by atoms with van der Waals surface area (Å²) in [5, 5.41) is 11.3. The fourth-order valence-electron chi connectivity index (χ4n) is 4.55. The fraction of sp³-hybridized carbons (Fsp3) is 0.400. The van der Waals surface area contributed by atoms with Crippen LogP contribution < -0.4 is 5.32 Å². The molecule has 1 aliphatic carbocycles. The van der Waals surface area contributed by atoms with Crippen LogP contribution in [0.25, 0.3) is 0 Å². The molecule has 8 heteroatoms. The maximum atomic E-state index is 13.2. The topological polar surface area (TPSA) is 91.2 Å². The van der Waals surface area contributed by atoms with Crippen LogP contribution in [0, 0.1) is 11.8 Å². The van der Waals surface area contributed by atoms with E-state index in [-0.39, 0.29) is 29.6 Å². The first kappa shape index (κ1) is 23.2. The molecule has 0 bridgehead atoms. The molecule has 1 saturated carbocycles. The Morgan fingerprint density at radius 1 is 0.970 bits per heavy atom. The minimum absolute atomic E-state index is 0.178. The largest absolute Gasteiger partial charge is 0.324 e. The van der Waals surface area contributed by atoms with E-state index in [2.05, 4.69) is 15.5 Å². The quantitative estimate of drug-likeness (QED) is 0.422. The molecule has 7 nitrogen and oxygen atoms in total. The van der Waals surface area contributed by atoms with Gasteiger partial charge in [0.25, 0.3) is 0 Å². The maximum absolute atomic E-state index is 13.2. The van der Waals surface area contributed by atoms with E-state index in [1.807, 2.05) is 36.6 Å². The number of hydrogen-bond acceptors (Lipinski definition) is 6. The predicted molar refractivity (Wildman–Crippen MR) is 130 cm³/mol. The SMILES string of the molecule is CSCCC(C(=O)Nc1ccc(N=Nc2ccccc2)cc1)N1C(=O)C2CCCCC2C1=O. The third-order valence-electron chi connectivity index (χ3n) is 6.26. The number of rotatable bonds is 8. The molecule has 2 aliphatic rings. The number of amides is 3. The highest BCUT2D eigenvalue weighted by molar-refractivity contribution is 7.98. The standard InChI is InChI=1S/C25H28N4O3S/c1-33-16-15-22(29-24(31)20-9-5-6-10-21(20)25(29)32)23(30)26-17-11-13-19(14-12-17)28-27-18-7-3-2-4-8-18/h2-4,7-8,11-14,20-22H,5-6,9-10,15-16H2,1H3,(H,26,30). The van der Waals surface area contributed by atoms with Gasteiger partial charge in [0, 0.05) is 5.69 Å². The Hall–Kier alpha value is -3.00. The molecule has 2 aromatic rings. The van der Waals surface area contributed by atoms with Crippen molar-refractivity contribution < 1.29 is 14.4 Å². The Bertz CT molecular complexity index is 1000. The molecule has 3 atom stereocenters. The monoisotopic (exact) mass is 464 g/mol. The highest BCUT2D eigenvalue weighted by Gasteiger charge is 2.51. The normalized spacial score (nSPS) is 21.3. The number of azo groups is 1. The zero-order chi connectivity index (χ0) is 23.2. The number of fused-ring (bicyclic) bond motifs is 1. The van der Waals surface area contributed by atoms with Crippen molar-refractivity contribution in [2.45, 2.75) is 38.1 Å². The van der Waals surface area contributed by atoms with Crippen molar-refractivity contribution >= 4 is 46.5 Å². The van der Waals surface area contributed by atoms with E-state index in [4.69, 9.17) is 0 Å². The maximum Gasteiger partial charge on any atom is 0.247 e. The van der Waals surface area contributed by atoms with Gasteiger partial charge < -0.3 is 5.32 Å². The Morgan fingerprint density at radius 3 is 2.12 bits per heavy atom. The number of thioether (sulfide) groups is 1. The molecule has 2 aromatic carbocycles.